The van der Waals surface area contributed by atoms with Crippen LogP contribution in [0.25, 0.3) is 0 Å². The van der Waals surface area contributed by atoms with E-state index in [2.05, 4.69) is 44.8 Å². The van der Waals surface area contributed by atoms with Crippen molar-refractivity contribution in [2.24, 2.45) is 5.41 Å². The van der Waals surface area contributed by atoms with Crippen LogP contribution in [0.1, 0.15) is 53.9 Å². The zero-order valence-corrected chi connectivity index (χ0v) is 12.9. The fraction of sp³-hybridized carbons (Fsp3) is 1.00. The fourth-order valence-electron chi connectivity index (χ4n) is 2.59. The van der Waals surface area contributed by atoms with Crippen molar-refractivity contribution in [3.05, 3.63) is 0 Å². The highest BCUT2D eigenvalue weighted by Gasteiger charge is 2.29. The fourth-order valence-corrected chi connectivity index (χ4v) is 2.59. The molecule has 1 rings (SSSR count). The Hall–Kier alpha value is -0.120. The van der Waals surface area contributed by atoms with Gasteiger partial charge in [0.15, 0.2) is 0 Å². The van der Waals surface area contributed by atoms with Crippen LogP contribution in [-0.4, -0.2) is 47.8 Å². The van der Waals surface area contributed by atoms with Gasteiger partial charge in [-0.25, -0.2) is 0 Å². The van der Waals surface area contributed by atoms with Crippen LogP contribution in [0.4, 0.5) is 0 Å². The molecule has 1 fully saturated rings. The zero-order chi connectivity index (χ0) is 13.8. The molecular weight excluding hydrogens is 224 g/mol. The Kier molecular flexibility index (Phi) is 5.63. The lowest BCUT2D eigenvalue weighted by molar-refractivity contribution is 0.0558. The summed E-state index contributed by atoms with van der Waals surface area (Å²) in [6.07, 6.45) is 3.70. The summed E-state index contributed by atoms with van der Waals surface area (Å²) < 4.78 is 0. The van der Waals surface area contributed by atoms with Gasteiger partial charge in [0.25, 0.3) is 0 Å². The van der Waals surface area contributed by atoms with Gasteiger partial charge >= 0.3 is 0 Å². The van der Waals surface area contributed by atoms with Crippen molar-refractivity contribution >= 4 is 0 Å². The number of nitrogens with one attached hydrogen (secondary N) is 1. The second-order valence-electron chi connectivity index (χ2n) is 7.57. The smallest absolute Gasteiger partial charge is 0.0586 e. The van der Waals surface area contributed by atoms with E-state index in [0.29, 0.717) is 12.6 Å². The molecule has 1 heterocycles. The van der Waals surface area contributed by atoms with Crippen LogP contribution in [0.3, 0.4) is 0 Å². The number of nitrogens with zero attached hydrogens (tertiary/aromatic N) is 1. The molecule has 0 aromatic heterocycles. The molecule has 0 saturated carbocycles. The Bertz CT molecular complexity index is 245. The Labute approximate surface area is 113 Å². The maximum absolute atomic E-state index is 9.46. The average molecular weight is 256 g/mol. The van der Waals surface area contributed by atoms with Crippen LogP contribution in [0, 0.1) is 5.41 Å². The minimum atomic E-state index is 0.176. The molecule has 1 aliphatic rings. The SMILES string of the molecule is CC(C)(CNC(C)(C)C)CN1CCCCC1CO. The number of piperidine rings is 1. The molecule has 0 aromatic carbocycles. The van der Waals surface area contributed by atoms with E-state index in [1.807, 2.05) is 0 Å². The predicted molar refractivity (Wildman–Crippen MR) is 77.8 cm³/mol. The summed E-state index contributed by atoms with van der Waals surface area (Å²) in [5.41, 5.74) is 0.424. The standard InChI is InChI=1S/C15H32N2O/c1-14(2,3)16-11-15(4,5)12-17-9-7-6-8-13(17)10-18/h13,16,18H,6-12H2,1-5H3. The van der Waals surface area contributed by atoms with Gasteiger partial charge < -0.3 is 10.4 Å². The molecule has 108 valence electrons. The Balaban J connectivity index is 2.47. The van der Waals surface area contributed by atoms with E-state index >= 15 is 0 Å². The van der Waals surface area contributed by atoms with Crippen LogP contribution in [0.15, 0.2) is 0 Å². The second kappa shape index (κ2) is 6.36. The first-order chi connectivity index (χ1) is 8.23. The first-order valence-electron chi connectivity index (χ1n) is 7.33. The van der Waals surface area contributed by atoms with E-state index in [1.165, 1.54) is 12.8 Å². The van der Waals surface area contributed by atoms with Crippen molar-refractivity contribution < 1.29 is 5.11 Å². The summed E-state index contributed by atoms with van der Waals surface area (Å²) in [6, 6.07) is 0.382. The first kappa shape index (κ1) is 15.9. The van der Waals surface area contributed by atoms with E-state index in [1.54, 1.807) is 0 Å². The highest BCUT2D eigenvalue weighted by Crippen LogP contribution is 2.23. The molecule has 1 unspecified atom stereocenters. The number of hydrogen-bond acceptors (Lipinski definition) is 3. The number of rotatable bonds is 5. The lowest BCUT2D eigenvalue weighted by Crippen LogP contribution is -2.50. The number of hydrogen-bond donors (Lipinski definition) is 2. The molecule has 18 heavy (non-hydrogen) atoms. The monoisotopic (exact) mass is 256 g/mol. The van der Waals surface area contributed by atoms with E-state index in [4.69, 9.17) is 0 Å². The maximum Gasteiger partial charge on any atom is 0.0586 e. The Morgan fingerprint density at radius 3 is 2.39 bits per heavy atom. The molecule has 0 amide bonds. The van der Waals surface area contributed by atoms with Gasteiger partial charge in [-0.15, -0.1) is 0 Å². The molecule has 0 bridgehead atoms. The highest BCUT2D eigenvalue weighted by molar-refractivity contribution is 4.85. The third-order valence-corrected chi connectivity index (χ3v) is 3.69. The van der Waals surface area contributed by atoms with Crippen LogP contribution in [0.2, 0.25) is 0 Å². The molecule has 3 nitrogen and oxygen atoms in total. The van der Waals surface area contributed by atoms with Crippen molar-refractivity contribution in [1.29, 1.82) is 0 Å². The molecule has 1 atom stereocenters. The van der Waals surface area contributed by atoms with Crippen molar-refractivity contribution in [2.45, 2.75) is 65.5 Å². The van der Waals surface area contributed by atoms with Crippen molar-refractivity contribution in [1.82, 2.24) is 10.2 Å². The largest absolute Gasteiger partial charge is 0.395 e. The van der Waals surface area contributed by atoms with Gasteiger partial charge in [-0.2, -0.15) is 0 Å². The Morgan fingerprint density at radius 2 is 1.83 bits per heavy atom. The Morgan fingerprint density at radius 1 is 1.17 bits per heavy atom. The van der Waals surface area contributed by atoms with Gasteiger partial charge in [0.2, 0.25) is 0 Å². The quantitative estimate of drug-likeness (QED) is 0.792. The van der Waals surface area contributed by atoms with Gasteiger partial charge in [-0.3, -0.25) is 4.90 Å². The molecule has 2 N–H and O–H groups in total. The number of aliphatic hydroxyl groups is 1. The lowest BCUT2D eigenvalue weighted by Gasteiger charge is -2.41. The lowest BCUT2D eigenvalue weighted by atomic mass is 9.89. The zero-order valence-electron chi connectivity index (χ0n) is 12.9. The van der Waals surface area contributed by atoms with Crippen LogP contribution >= 0.6 is 0 Å². The van der Waals surface area contributed by atoms with E-state index in [9.17, 15) is 5.11 Å². The van der Waals surface area contributed by atoms with Gasteiger partial charge in [0, 0.05) is 24.7 Å². The van der Waals surface area contributed by atoms with E-state index in [-0.39, 0.29) is 11.0 Å². The summed E-state index contributed by atoms with van der Waals surface area (Å²) in [7, 11) is 0. The van der Waals surface area contributed by atoms with Crippen LogP contribution in [0.5, 0.6) is 0 Å². The van der Waals surface area contributed by atoms with Gasteiger partial charge in [0.1, 0.15) is 0 Å². The number of likely N-dealkylation sites (tertiary alicyclic amines) is 1. The molecular formula is C15H32N2O. The summed E-state index contributed by atoms with van der Waals surface area (Å²) in [5, 5.41) is 13.1. The second-order valence-corrected chi connectivity index (χ2v) is 7.57. The molecule has 1 saturated heterocycles. The minimum absolute atomic E-state index is 0.176. The molecule has 0 radical (unpaired) electrons. The van der Waals surface area contributed by atoms with E-state index < -0.39 is 0 Å². The summed E-state index contributed by atoms with van der Waals surface area (Å²) >= 11 is 0. The van der Waals surface area contributed by atoms with Crippen molar-refractivity contribution in [2.75, 3.05) is 26.2 Å². The summed E-state index contributed by atoms with van der Waals surface area (Å²) in [5.74, 6) is 0. The number of aliphatic hydroxyl groups excluding tert-OH is 1. The molecule has 0 aromatic rings. The third kappa shape index (κ3) is 5.68. The highest BCUT2D eigenvalue weighted by atomic mass is 16.3. The third-order valence-electron chi connectivity index (χ3n) is 3.69. The molecule has 0 aliphatic carbocycles. The van der Waals surface area contributed by atoms with Crippen molar-refractivity contribution in [3.8, 4) is 0 Å². The van der Waals surface area contributed by atoms with Crippen molar-refractivity contribution in [3.63, 3.8) is 0 Å². The molecule has 0 spiro atoms. The van der Waals surface area contributed by atoms with E-state index in [0.717, 1.165) is 26.1 Å². The first-order valence-corrected chi connectivity index (χ1v) is 7.33. The van der Waals surface area contributed by atoms with Crippen LogP contribution < -0.4 is 5.32 Å². The summed E-state index contributed by atoms with van der Waals surface area (Å²) in [6.45, 7) is 14.8. The minimum Gasteiger partial charge on any atom is -0.395 e. The average Bonchev–Trinajstić information content (AvgIpc) is 2.26. The molecule has 1 aliphatic heterocycles. The van der Waals surface area contributed by atoms with Gasteiger partial charge in [-0.1, -0.05) is 20.3 Å². The topological polar surface area (TPSA) is 35.5 Å². The summed E-state index contributed by atoms with van der Waals surface area (Å²) in [4.78, 5) is 2.48. The van der Waals surface area contributed by atoms with Gasteiger partial charge in [-0.05, 0) is 45.6 Å². The predicted octanol–water partition coefficient (Wildman–Crippen LogP) is 2.25. The van der Waals surface area contributed by atoms with Gasteiger partial charge in [0.05, 0.1) is 6.61 Å². The molecule has 3 heteroatoms. The maximum atomic E-state index is 9.46. The normalized spacial score (nSPS) is 23.3. The van der Waals surface area contributed by atoms with Crippen LogP contribution in [-0.2, 0) is 0 Å².